The van der Waals surface area contributed by atoms with Crippen LogP contribution in [-0.4, -0.2) is 23.6 Å². The first-order valence-corrected chi connectivity index (χ1v) is 12.9. The fourth-order valence-corrected chi connectivity index (χ4v) is 9.11. The van der Waals surface area contributed by atoms with Crippen LogP contribution in [0.1, 0.15) is 16.8 Å². The number of carbonyl (C=O) groups excluding carboxylic acids is 1. The fourth-order valence-electron chi connectivity index (χ4n) is 4.26. The standard InChI is InChI=1S/C27H27N2OP/c30-27(23-12-10-19-28-22-23)29-20-11-21-31(24-13-4-1-5-14-24,25-15-6-2-7-16-25)26-17-8-3-9-18-26/h1-10,12-19,22,31H,11,20-21H2,(H,29,30). The van der Waals surface area contributed by atoms with Gasteiger partial charge in [-0.15, -0.1) is 0 Å². The van der Waals surface area contributed by atoms with Gasteiger partial charge in [-0.25, -0.2) is 0 Å². The maximum atomic E-state index is 12.4. The molecular formula is C27H27N2OP. The number of nitrogens with one attached hydrogen (secondary N) is 1. The Kier molecular flexibility index (Phi) is 6.86. The van der Waals surface area contributed by atoms with Gasteiger partial charge in [-0.1, -0.05) is 0 Å². The number of benzene rings is 3. The predicted octanol–water partition coefficient (Wildman–Crippen LogP) is 3.93. The van der Waals surface area contributed by atoms with Crippen molar-refractivity contribution in [2.24, 2.45) is 0 Å². The fraction of sp³-hybridized carbons (Fsp3) is 0.111. The first kappa shape index (κ1) is 21.0. The number of rotatable bonds is 8. The van der Waals surface area contributed by atoms with Gasteiger partial charge in [0.2, 0.25) is 0 Å². The van der Waals surface area contributed by atoms with Crippen molar-refractivity contribution in [3.05, 3.63) is 121 Å². The number of aromatic nitrogens is 1. The van der Waals surface area contributed by atoms with E-state index < -0.39 is 7.26 Å². The quantitative estimate of drug-likeness (QED) is 0.343. The molecule has 156 valence electrons. The Bertz CT molecular complexity index is 990. The maximum absolute atomic E-state index is 12.4. The molecule has 1 aromatic heterocycles. The van der Waals surface area contributed by atoms with Crippen molar-refractivity contribution < 1.29 is 4.79 Å². The molecule has 0 saturated heterocycles. The van der Waals surface area contributed by atoms with Gasteiger partial charge in [0.25, 0.3) is 0 Å². The summed E-state index contributed by atoms with van der Waals surface area (Å²) in [7, 11) is -2.24. The van der Waals surface area contributed by atoms with Crippen molar-refractivity contribution in [1.29, 1.82) is 0 Å². The van der Waals surface area contributed by atoms with Crippen LogP contribution in [0.2, 0.25) is 0 Å². The van der Waals surface area contributed by atoms with Gasteiger partial charge in [0.1, 0.15) is 0 Å². The molecule has 4 aromatic rings. The van der Waals surface area contributed by atoms with Crippen LogP contribution in [0.3, 0.4) is 0 Å². The van der Waals surface area contributed by atoms with Crippen molar-refractivity contribution in [2.75, 3.05) is 12.7 Å². The summed E-state index contributed by atoms with van der Waals surface area (Å²) in [6.07, 6.45) is 5.19. The topological polar surface area (TPSA) is 42.0 Å². The van der Waals surface area contributed by atoms with Gasteiger partial charge in [0.05, 0.1) is 0 Å². The molecule has 0 aliphatic carbocycles. The number of pyridine rings is 1. The summed E-state index contributed by atoms with van der Waals surface area (Å²) >= 11 is 0. The molecule has 0 spiro atoms. The van der Waals surface area contributed by atoms with Crippen LogP contribution < -0.4 is 21.2 Å². The van der Waals surface area contributed by atoms with Gasteiger partial charge >= 0.3 is 184 Å². The van der Waals surface area contributed by atoms with E-state index in [2.05, 4.69) is 101 Å². The van der Waals surface area contributed by atoms with Crippen LogP contribution in [0.25, 0.3) is 0 Å². The average Bonchev–Trinajstić information content (AvgIpc) is 2.86. The SMILES string of the molecule is O=C(NCCC[PH](c1ccccc1)(c1ccccc1)c1ccccc1)c1cccnc1. The Balaban J connectivity index is 1.63. The predicted molar refractivity (Wildman–Crippen MR) is 133 cm³/mol. The average molecular weight is 427 g/mol. The molecule has 31 heavy (non-hydrogen) atoms. The molecule has 0 bridgehead atoms. The Morgan fingerprint density at radius 2 is 1.23 bits per heavy atom. The molecular weight excluding hydrogens is 399 g/mol. The minimum atomic E-state index is -2.24. The molecule has 1 amide bonds. The van der Waals surface area contributed by atoms with E-state index >= 15 is 0 Å². The molecule has 0 aliphatic rings. The number of amides is 1. The molecule has 3 nitrogen and oxygen atoms in total. The first-order valence-electron chi connectivity index (χ1n) is 10.7. The van der Waals surface area contributed by atoms with Gasteiger partial charge in [0.15, 0.2) is 0 Å². The van der Waals surface area contributed by atoms with Crippen LogP contribution in [0.5, 0.6) is 0 Å². The summed E-state index contributed by atoms with van der Waals surface area (Å²) in [5.74, 6) is -0.0699. The molecule has 4 heteroatoms. The zero-order valence-electron chi connectivity index (χ0n) is 17.4. The van der Waals surface area contributed by atoms with E-state index in [1.54, 1.807) is 24.5 Å². The van der Waals surface area contributed by atoms with Gasteiger partial charge in [-0.2, -0.15) is 0 Å². The third-order valence-electron chi connectivity index (χ3n) is 5.74. The van der Waals surface area contributed by atoms with Gasteiger partial charge in [-0.05, 0) is 0 Å². The van der Waals surface area contributed by atoms with Crippen molar-refractivity contribution in [3.63, 3.8) is 0 Å². The van der Waals surface area contributed by atoms with Crippen LogP contribution >= 0.6 is 7.26 Å². The number of hydrogen-bond donors (Lipinski definition) is 1. The van der Waals surface area contributed by atoms with E-state index in [9.17, 15) is 4.79 Å². The third-order valence-corrected chi connectivity index (χ3v) is 10.8. The normalized spacial score (nSPS) is 11.6. The molecule has 1 heterocycles. The Morgan fingerprint density at radius 3 is 1.68 bits per heavy atom. The summed E-state index contributed by atoms with van der Waals surface area (Å²) in [5.41, 5.74) is 0.597. The number of hydrogen-bond acceptors (Lipinski definition) is 2. The molecule has 0 saturated carbocycles. The number of nitrogens with zero attached hydrogens (tertiary/aromatic N) is 1. The van der Waals surface area contributed by atoms with Crippen LogP contribution in [0, 0.1) is 0 Å². The monoisotopic (exact) mass is 426 g/mol. The Labute approximate surface area is 184 Å². The van der Waals surface area contributed by atoms with Gasteiger partial charge in [-0.3, -0.25) is 0 Å². The summed E-state index contributed by atoms with van der Waals surface area (Å²) < 4.78 is 0. The molecule has 0 radical (unpaired) electrons. The van der Waals surface area contributed by atoms with Crippen molar-refractivity contribution in [2.45, 2.75) is 6.42 Å². The molecule has 0 atom stereocenters. The summed E-state index contributed by atoms with van der Waals surface area (Å²) in [6.45, 7) is 0.634. The van der Waals surface area contributed by atoms with Gasteiger partial charge < -0.3 is 0 Å². The zero-order valence-corrected chi connectivity index (χ0v) is 18.4. The number of carbonyl (C=O) groups is 1. The second-order valence-electron chi connectivity index (χ2n) is 7.60. The van der Waals surface area contributed by atoms with E-state index in [1.807, 2.05) is 0 Å². The van der Waals surface area contributed by atoms with Gasteiger partial charge in [0, 0.05) is 0 Å². The molecule has 4 rings (SSSR count). The Morgan fingerprint density at radius 1 is 0.710 bits per heavy atom. The van der Waals surface area contributed by atoms with E-state index in [0.717, 1.165) is 12.6 Å². The van der Waals surface area contributed by atoms with Crippen LogP contribution in [0.15, 0.2) is 116 Å². The summed E-state index contributed by atoms with van der Waals surface area (Å²) in [5, 5.41) is 7.25. The summed E-state index contributed by atoms with van der Waals surface area (Å²) in [4.78, 5) is 16.5. The molecule has 0 unspecified atom stereocenters. The molecule has 1 N–H and O–H groups in total. The van der Waals surface area contributed by atoms with Crippen molar-refractivity contribution >= 4 is 29.1 Å². The molecule has 0 aliphatic heterocycles. The van der Waals surface area contributed by atoms with Crippen molar-refractivity contribution in [3.8, 4) is 0 Å². The second kappa shape index (κ2) is 10.1. The minimum absolute atomic E-state index is 0.0699. The first-order chi connectivity index (χ1) is 15.3. The van der Waals surface area contributed by atoms with Crippen LogP contribution in [0.4, 0.5) is 0 Å². The van der Waals surface area contributed by atoms with E-state index in [4.69, 9.17) is 0 Å². The molecule has 3 aromatic carbocycles. The second-order valence-corrected chi connectivity index (χ2v) is 11.6. The van der Waals surface area contributed by atoms with Crippen molar-refractivity contribution in [1.82, 2.24) is 10.3 Å². The molecule has 0 fully saturated rings. The van der Waals surface area contributed by atoms with E-state index in [0.29, 0.717) is 12.1 Å². The summed E-state index contributed by atoms with van der Waals surface area (Å²) in [6, 6.07) is 36.2. The van der Waals surface area contributed by atoms with E-state index in [1.165, 1.54) is 15.9 Å². The Hall–Kier alpha value is -3.29. The van der Waals surface area contributed by atoms with E-state index in [-0.39, 0.29) is 5.91 Å². The van der Waals surface area contributed by atoms with Crippen LogP contribution in [-0.2, 0) is 0 Å². The zero-order chi connectivity index (χ0) is 21.4. The third kappa shape index (κ3) is 4.73.